The molecule has 1 atom stereocenters. The number of aromatic amines is 1. The third-order valence-electron chi connectivity index (χ3n) is 2.05. The molecule has 0 aliphatic carbocycles. The van der Waals surface area contributed by atoms with E-state index in [-0.39, 0.29) is 12.1 Å². The zero-order chi connectivity index (χ0) is 11.4. The van der Waals surface area contributed by atoms with Crippen LogP contribution in [0.4, 0.5) is 0 Å². The van der Waals surface area contributed by atoms with Crippen LogP contribution in [0.25, 0.3) is 0 Å². The number of carbonyl (C=O) groups excluding carboxylic acids is 1. The summed E-state index contributed by atoms with van der Waals surface area (Å²) in [5, 5.41) is 0. The molecule has 0 fully saturated rings. The molecular formula is C11H16N2O2. The Morgan fingerprint density at radius 3 is 2.87 bits per heavy atom. The van der Waals surface area contributed by atoms with Gasteiger partial charge in [0, 0.05) is 12.0 Å². The Kier molecular flexibility index (Phi) is 3.66. The van der Waals surface area contributed by atoms with E-state index in [2.05, 4.69) is 16.5 Å². The second kappa shape index (κ2) is 4.77. The van der Waals surface area contributed by atoms with Gasteiger partial charge in [-0.1, -0.05) is 13.5 Å². The minimum Gasteiger partial charge on any atom is -0.453 e. The van der Waals surface area contributed by atoms with Crippen LogP contribution in [0.1, 0.15) is 38.4 Å². The maximum absolute atomic E-state index is 11.2. The van der Waals surface area contributed by atoms with E-state index >= 15 is 0 Å². The van der Waals surface area contributed by atoms with Crippen LogP contribution in [0, 0.1) is 0 Å². The summed E-state index contributed by atoms with van der Waals surface area (Å²) in [6.45, 7) is 8.95. The van der Waals surface area contributed by atoms with E-state index in [4.69, 9.17) is 4.74 Å². The number of ether oxygens (including phenoxy) is 1. The summed E-state index contributed by atoms with van der Waals surface area (Å²) in [5.74, 6) is 0.512. The summed E-state index contributed by atoms with van der Waals surface area (Å²) in [4.78, 5) is 18.5. The number of nitrogens with zero attached hydrogens (tertiary/aromatic N) is 1. The van der Waals surface area contributed by atoms with Crippen molar-refractivity contribution in [3.05, 3.63) is 29.9 Å². The van der Waals surface area contributed by atoms with Crippen LogP contribution in [0.3, 0.4) is 0 Å². The molecule has 1 rings (SSSR count). The van der Waals surface area contributed by atoms with E-state index in [1.807, 2.05) is 6.92 Å². The number of esters is 1. The van der Waals surface area contributed by atoms with Crippen molar-refractivity contribution >= 4 is 5.97 Å². The smallest absolute Gasteiger partial charge is 0.333 e. The Labute approximate surface area is 89.4 Å². The second-order valence-corrected chi connectivity index (χ2v) is 3.47. The van der Waals surface area contributed by atoms with Crippen molar-refractivity contribution in [3.8, 4) is 0 Å². The fraction of sp³-hybridized carbons (Fsp3) is 0.455. The van der Waals surface area contributed by atoms with Crippen LogP contribution in [-0.4, -0.2) is 15.9 Å². The van der Waals surface area contributed by atoms with E-state index in [1.54, 1.807) is 20.0 Å². The van der Waals surface area contributed by atoms with E-state index in [1.165, 1.54) is 0 Å². The number of hydrogen-bond acceptors (Lipinski definition) is 3. The third kappa shape index (κ3) is 2.94. The largest absolute Gasteiger partial charge is 0.453 e. The molecule has 4 heteroatoms. The predicted molar refractivity (Wildman–Crippen MR) is 57.3 cm³/mol. The van der Waals surface area contributed by atoms with Crippen molar-refractivity contribution < 1.29 is 9.53 Å². The lowest BCUT2D eigenvalue weighted by atomic mass is 10.3. The number of imidazole rings is 1. The van der Waals surface area contributed by atoms with Gasteiger partial charge in [0.25, 0.3) is 0 Å². The first kappa shape index (κ1) is 11.5. The Morgan fingerprint density at radius 2 is 2.40 bits per heavy atom. The highest BCUT2D eigenvalue weighted by molar-refractivity contribution is 5.87. The molecular weight excluding hydrogens is 192 g/mol. The number of nitrogens with one attached hydrogen (secondary N) is 1. The molecule has 0 aliphatic heterocycles. The zero-order valence-corrected chi connectivity index (χ0v) is 9.33. The third-order valence-corrected chi connectivity index (χ3v) is 2.05. The van der Waals surface area contributed by atoms with Crippen molar-refractivity contribution in [2.75, 3.05) is 0 Å². The van der Waals surface area contributed by atoms with Crippen LogP contribution in [0.2, 0.25) is 0 Å². The van der Waals surface area contributed by atoms with Gasteiger partial charge in [0.1, 0.15) is 11.9 Å². The summed E-state index contributed by atoms with van der Waals surface area (Å²) < 4.78 is 5.15. The van der Waals surface area contributed by atoms with Gasteiger partial charge in [0.05, 0.1) is 11.9 Å². The van der Waals surface area contributed by atoms with Crippen LogP contribution < -0.4 is 0 Å². The average molecular weight is 208 g/mol. The van der Waals surface area contributed by atoms with Gasteiger partial charge < -0.3 is 9.72 Å². The molecule has 0 amide bonds. The van der Waals surface area contributed by atoms with E-state index in [9.17, 15) is 4.79 Å². The van der Waals surface area contributed by atoms with E-state index < -0.39 is 0 Å². The summed E-state index contributed by atoms with van der Waals surface area (Å²) in [7, 11) is 0. The van der Waals surface area contributed by atoms with E-state index in [0.717, 1.165) is 17.9 Å². The molecule has 82 valence electrons. The minimum absolute atomic E-state index is 0.318. The van der Waals surface area contributed by atoms with Gasteiger partial charge in [0.2, 0.25) is 0 Å². The molecule has 0 saturated carbocycles. The molecule has 1 aromatic heterocycles. The average Bonchev–Trinajstić information content (AvgIpc) is 2.65. The molecule has 1 unspecified atom stereocenters. The fourth-order valence-electron chi connectivity index (χ4n) is 1.09. The molecule has 1 heterocycles. The summed E-state index contributed by atoms with van der Waals surface area (Å²) in [6.07, 6.45) is 2.21. The molecule has 0 bridgehead atoms. The number of rotatable bonds is 4. The first-order chi connectivity index (χ1) is 7.04. The molecule has 0 radical (unpaired) electrons. The summed E-state index contributed by atoms with van der Waals surface area (Å²) in [6, 6.07) is 0. The number of H-pyrrole nitrogens is 1. The first-order valence-corrected chi connectivity index (χ1v) is 4.94. The van der Waals surface area contributed by atoms with Crippen molar-refractivity contribution in [1.29, 1.82) is 0 Å². The van der Waals surface area contributed by atoms with Crippen molar-refractivity contribution in [3.63, 3.8) is 0 Å². The molecule has 4 nitrogen and oxygen atoms in total. The van der Waals surface area contributed by atoms with Gasteiger partial charge in [-0.2, -0.15) is 0 Å². The Hall–Kier alpha value is -1.58. The van der Waals surface area contributed by atoms with Gasteiger partial charge >= 0.3 is 5.97 Å². The maximum Gasteiger partial charge on any atom is 0.333 e. The lowest BCUT2D eigenvalue weighted by molar-refractivity contribution is -0.143. The number of aromatic nitrogens is 2. The first-order valence-electron chi connectivity index (χ1n) is 4.94. The van der Waals surface area contributed by atoms with Crippen LogP contribution >= 0.6 is 0 Å². The molecule has 1 aromatic rings. The molecule has 0 saturated heterocycles. The van der Waals surface area contributed by atoms with Gasteiger partial charge in [-0.15, -0.1) is 0 Å². The Morgan fingerprint density at radius 1 is 1.73 bits per heavy atom. The monoisotopic (exact) mass is 208 g/mol. The lowest BCUT2D eigenvalue weighted by Crippen LogP contribution is -2.09. The molecule has 0 aliphatic rings. The van der Waals surface area contributed by atoms with Gasteiger partial charge in [-0.25, -0.2) is 9.78 Å². The highest BCUT2D eigenvalue weighted by atomic mass is 16.5. The molecule has 15 heavy (non-hydrogen) atoms. The lowest BCUT2D eigenvalue weighted by Gasteiger charge is -2.10. The number of aryl methyl sites for hydroxylation is 1. The standard InChI is InChI=1S/C11H16N2O2/c1-5-10-12-6-9(13-10)8(4)15-11(14)7(2)3/h6,8H,2,5H2,1,3-4H3,(H,12,13). The van der Waals surface area contributed by atoms with Crippen LogP contribution in [0.15, 0.2) is 18.3 Å². The summed E-state index contributed by atoms with van der Waals surface area (Å²) in [5.41, 5.74) is 1.21. The fourth-order valence-corrected chi connectivity index (χ4v) is 1.09. The van der Waals surface area contributed by atoms with Crippen LogP contribution in [0.5, 0.6) is 0 Å². The van der Waals surface area contributed by atoms with E-state index in [0.29, 0.717) is 5.57 Å². The van der Waals surface area contributed by atoms with Crippen LogP contribution in [-0.2, 0) is 16.0 Å². The zero-order valence-electron chi connectivity index (χ0n) is 9.33. The topological polar surface area (TPSA) is 55.0 Å². The van der Waals surface area contributed by atoms with Gasteiger partial charge in [0.15, 0.2) is 0 Å². The molecule has 1 N–H and O–H groups in total. The maximum atomic E-state index is 11.2. The minimum atomic E-state index is -0.379. The highest BCUT2D eigenvalue weighted by Gasteiger charge is 2.13. The van der Waals surface area contributed by atoms with Gasteiger partial charge in [-0.05, 0) is 13.8 Å². The molecule has 0 aromatic carbocycles. The number of carbonyl (C=O) groups is 1. The predicted octanol–water partition coefficient (Wildman–Crippen LogP) is 2.15. The Bertz CT molecular complexity index is 368. The second-order valence-electron chi connectivity index (χ2n) is 3.47. The van der Waals surface area contributed by atoms with Crippen molar-refractivity contribution in [1.82, 2.24) is 9.97 Å². The SMILES string of the molecule is C=C(C)C(=O)OC(C)c1cnc(CC)[nH]1. The van der Waals surface area contributed by atoms with Gasteiger partial charge in [-0.3, -0.25) is 0 Å². The normalized spacial score (nSPS) is 12.2. The quantitative estimate of drug-likeness (QED) is 0.609. The highest BCUT2D eigenvalue weighted by Crippen LogP contribution is 2.15. The Balaban J connectivity index is 2.64. The van der Waals surface area contributed by atoms with Crippen molar-refractivity contribution in [2.45, 2.75) is 33.3 Å². The summed E-state index contributed by atoms with van der Waals surface area (Å²) >= 11 is 0. The van der Waals surface area contributed by atoms with Crippen molar-refractivity contribution in [2.24, 2.45) is 0 Å². The number of hydrogen-bond donors (Lipinski definition) is 1. The molecule has 0 spiro atoms.